The second kappa shape index (κ2) is 6.04. The van der Waals surface area contributed by atoms with Crippen molar-refractivity contribution in [2.45, 2.75) is 19.4 Å². The summed E-state index contributed by atoms with van der Waals surface area (Å²) in [7, 11) is 1.71. The van der Waals surface area contributed by atoms with Gasteiger partial charge < -0.3 is 10.2 Å². The number of hydrogen-bond acceptors (Lipinski definition) is 4. The van der Waals surface area contributed by atoms with Crippen LogP contribution in [0.5, 0.6) is 0 Å². The van der Waals surface area contributed by atoms with Gasteiger partial charge in [0.05, 0.1) is 0 Å². The fourth-order valence-corrected chi connectivity index (χ4v) is 2.62. The molecule has 2 N–H and O–H groups in total. The molecule has 0 saturated carbocycles. The van der Waals surface area contributed by atoms with E-state index < -0.39 is 12.1 Å². The molecule has 0 saturated heterocycles. The molecule has 1 aromatic heterocycles. The molecule has 7 heteroatoms. The zero-order valence-corrected chi connectivity index (χ0v) is 12.9. The topological polar surface area (TPSA) is 87.2 Å². The van der Waals surface area contributed by atoms with Gasteiger partial charge in [-0.25, -0.2) is 14.8 Å². The van der Waals surface area contributed by atoms with Crippen LogP contribution >= 0.6 is 0 Å². The van der Waals surface area contributed by atoms with Crippen molar-refractivity contribution in [1.82, 2.24) is 15.3 Å². The summed E-state index contributed by atoms with van der Waals surface area (Å²) in [4.78, 5) is 34.1. The molecule has 3 amide bonds. The van der Waals surface area contributed by atoms with Gasteiger partial charge in [0, 0.05) is 25.4 Å². The van der Waals surface area contributed by atoms with Gasteiger partial charge in [-0.3, -0.25) is 10.1 Å². The van der Waals surface area contributed by atoms with Gasteiger partial charge in [-0.2, -0.15) is 0 Å². The van der Waals surface area contributed by atoms with Crippen molar-refractivity contribution in [3.05, 3.63) is 47.9 Å². The number of anilines is 2. The highest BCUT2D eigenvalue weighted by molar-refractivity contribution is 6.02. The van der Waals surface area contributed by atoms with Crippen LogP contribution in [0.1, 0.15) is 11.4 Å². The Labute approximate surface area is 133 Å². The smallest absolute Gasteiger partial charge is 0.321 e. The molecule has 7 nitrogen and oxygen atoms in total. The summed E-state index contributed by atoms with van der Waals surface area (Å²) < 4.78 is 0. The van der Waals surface area contributed by atoms with Crippen LogP contribution in [-0.2, 0) is 11.2 Å². The second-order valence-corrected chi connectivity index (χ2v) is 5.37. The predicted octanol–water partition coefficient (Wildman–Crippen LogP) is 1.49. The standard InChI is InChI=1S/C16H17N5O2/c1-10-17-8-7-14(18-10)20-16(23)19-12-9-11-5-3-4-6-13(11)21(2)15(12)22/h3-8,12H,9H2,1-2H3,(H2,17,18,19,20,23). The molecule has 118 valence electrons. The fraction of sp³-hybridized carbons (Fsp3) is 0.250. The van der Waals surface area contributed by atoms with Gasteiger partial charge in [0.2, 0.25) is 5.91 Å². The number of hydrogen-bond donors (Lipinski definition) is 2. The van der Waals surface area contributed by atoms with E-state index in [1.807, 2.05) is 24.3 Å². The molecule has 1 aliphatic rings. The normalized spacial score (nSPS) is 16.7. The highest BCUT2D eigenvalue weighted by atomic mass is 16.2. The number of amides is 3. The number of para-hydroxylation sites is 1. The number of aromatic nitrogens is 2. The molecule has 0 spiro atoms. The van der Waals surface area contributed by atoms with Crippen LogP contribution in [0.2, 0.25) is 0 Å². The third-order valence-electron chi connectivity index (χ3n) is 3.73. The van der Waals surface area contributed by atoms with Crippen LogP contribution in [0, 0.1) is 6.92 Å². The van der Waals surface area contributed by atoms with Gasteiger partial charge >= 0.3 is 6.03 Å². The number of rotatable bonds is 2. The number of fused-ring (bicyclic) bond motifs is 1. The lowest BCUT2D eigenvalue weighted by atomic mass is 9.98. The molecular weight excluding hydrogens is 294 g/mol. The lowest BCUT2D eigenvalue weighted by molar-refractivity contribution is -0.120. The number of urea groups is 1. The molecule has 0 fully saturated rings. The van der Waals surface area contributed by atoms with Gasteiger partial charge in [0.15, 0.2) is 0 Å². The van der Waals surface area contributed by atoms with Crippen molar-refractivity contribution >= 4 is 23.4 Å². The maximum Gasteiger partial charge on any atom is 0.321 e. The Morgan fingerprint density at radius 2 is 2.09 bits per heavy atom. The first-order valence-electron chi connectivity index (χ1n) is 7.27. The van der Waals surface area contributed by atoms with Gasteiger partial charge in [-0.15, -0.1) is 0 Å². The molecule has 1 atom stereocenters. The Balaban J connectivity index is 1.71. The first-order valence-corrected chi connectivity index (χ1v) is 7.27. The summed E-state index contributed by atoms with van der Waals surface area (Å²) in [6.45, 7) is 1.74. The molecule has 3 rings (SSSR count). The molecule has 1 unspecified atom stereocenters. The van der Waals surface area contributed by atoms with Gasteiger partial charge in [0.1, 0.15) is 17.7 Å². The number of likely N-dealkylation sites (N-methyl/N-ethyl adjacent to an activating group) is 1. The first-order chi connectivity index (χ1) is 11.0. The van der Waals surface area contributed by atoms with Crippen molar-refractivity contribution in [2.75, 3.05) is 17.3 Å². The van der Waals surface area contributed by atoms with Crippen molar-refractivity contribution in [3.63, 3.8) is 0 Å². The quantitative estimate of drug-likeness (QED) is 0.880. The minimum absolute atomic E-state index is 0.141. The Kier molecular flexibility index (Phi) is 3.92. The van der Waals surface area contributed by atoms with Crippen LogP contribution in [0.25, 0.3) is 0 Å². The maximum absolute atomic E-state index is 12.4. The van der Waals surface area contributed by atoms with E-state index in [4.69, 9.17) is 0 Å². The summed E-state index contributed by atoms with van der Waals surface area (Å²) >= 11 is 0. The van der Waals surface area contributed by atoms with E-state index in [1.54, 1.807) is 31.1 Å². The molecular formula is C16H17N5O2. The van der Waals surface area contributed by atoms with E-state index in [1.165, 1.54) is 0 Å². The first kappa shape index (κ1) is 15.0. The van der Waals surface area contributed by atoms with E-state index in [0.717, 1.165) is 11.3 Å². The highest BCUT2D eigenvalue weighted by Crippen LogP contribution is 2.26. The number of aryl methyl sites for hydroxylation is 1. The summed E-state index contributed by atoms with van der Waals surface area (Å²) in [5, 5.41) is 5.32. The van der Waals surface area contributed by atoms with Crippen molar-refractivity contribution in [3.8, 4) is 0 Å². The van der Waals surface area contributed by atoms with Crippen molar-refractivity contribution in [1.29, 1.82) is 0 Å². The summed E-state index contributed by atoms with van der Waals surface area (Å²) in [6.07, 6.45) is 2.03. The number of carbonyl (C=O) groups is 2. The number of carbonyl (C=O) groups excluding carboxylic acids is 2. The molecule has 23 heavy (non-hydrogen) atoms. The van der Waals surface area contributed by atoms with Crippen molar-refractivity contribution < 1.29 is 9.59 Å². The minimum atomic E-state index is -0.599. The molecule has 0 bridgehead atoms. The number of nitrogens with one attached hydrogen (secondary N) is 2. The summed E-state index contributed by atoms with van der Waals surface area (Å²) in [5.41, 5.74) is 1.90. The molecule has 1 aliphatic heterocycles. The average molecular weight is 311 g/mol. The lowest BCUT2D eigenvalue weighted by Crippen LogP contribution is -2.52. The fourth-order valence-electron chi connectivity index (χ4n) is 2.62. The molecule has 2 heterocycles. The maximum atomic E-state index is 12.4. The van der Waals surface area contributed by atoms with E-state index in [2.05, 4.69) is 20.6 Å². The SMILES string of the molecule is Cc1nccc(NC(=O)NC2Cc3ccccc3N(C)C2=O)n1. The Hall–Kier alpha value is -2.96. The van der Waals surface area contributed by atoms with E-state index in [9.17, 15) is 9.59 Å². The summed E-state index contributed by atoms with van der Waals surface area (Å²) in [6, 6.07) is 8.19. The van der Waals surface area contributed by atoms with Crippen LogP contribution in [0.15, 0.2) is 36.5 Å². The highest BCUT2D eigenvalue weighted by Gasteiger charge is 2.31. The zero-order valence-electron chi connectivity index (χ0n) is 12.9. The van der Waals surface area contributed by atoms with E-state index in [-0.39, 0.29) is 5.91 Å². The molecule has 2 aromatic rings. The number of benzene rings is 1. The Bertz CT molecular complexity index is 762. The zero-order chi connectivity index (χ0) is 16.4. The van der Waals surface area contributed by atoms with Crippen molar-refractivity contribution in [2.24, 2.45) is 0 Å². The van der Waals surface area contributed by atoms with Crippen LogP contribution in [0.4, 0.5) is 16.3 Å². The Morgan fingerprint density at radius 3 is 2.87 bits per heavy atom. The van der Waals surface area contributed by atoms with Gasteiger partial charge in [0.25, 0.3) is 0 Å². The lowest BCUT2D eigenvalue weighted by Gasteiger charge is -2.31. The third kappa shape index (κ3) is 3.13. The summed E-state index contributed by atoms with van der Waals surface area (Å²) in [5.74, 6) is 0.815. The largest absolute Gasteiger partial charge is 0.326 e. The Morgan fingerprint density at radius 1 is 1.30 bits per heavy atom. The third-order valence-corrected chi connectivity index (χ3v) is 3.73. The van der Waals surface area contributed by atoms with Crippen LogP contribution in [-0.4, -0.2) is 35.0 Å². The predicted molar refractivity (Wildman–Crippen MR) is 86.3 cm³/mol. The molecule has 0 aliphatic carbocycles. The van der Waals surface area contributed by atoms with Gasteiger partial charge in [-0.1, -0.05) is 18.2 Å². The molecule has 1 aromatic carbocycles. The van der Waals surface area contributed by atoms with Crippen LogP contribution in [0.3, 0.4) is 0 Å². The van der Waals surface area contributed by atoms with Gasteiger partial charge in [-0.05, 0) is 24.6 Å². The minimum Gasteiger partial charge on any atom is -0.326 e. The molecule has 0 radical (unpaired) electrons. The van der Waals surface area contributed by atoms with E-state index >= 15 is 0 Å². The van der Waals surface area contributed by atoms with Crippen LogP contribution < -0.4 is 15.5 Å². The van der Waals surface area contributed by atoms with E-state index in [0.29, 0.717) is 18.1 Å². The number of nitrogens with zero attached hydrogens (tertiary/aromatic N) is 3. The second-order valence-electron chi connectivity index (χ2n) is 5.37. The average Bonchev–Trinajstić information content (AvgIpc) is 2.52. The monoisotopic (exact) mass is 311 g/mol.